The molecule has 8 heteroatoms. The van der Waals surface area contributed by atoms with Crippen LogP contribution in [0.1, 0.15) is 52.7 Å². The highest BCUT2D eigenvalue weighted by molar-refractivity contribution is 14.0. The zero-order valence-electron chi connectivity index (χ0n) is 18.1. The molecule has 2 rings (SSSR count). The number of carbonyl (C=O) groups is 1. The van der Waals surface area contributed by atoms with Crippen LogP contribution in [0, 0.1) is 0 Å². The van der Waals surface area contributed by atoms with Crippen molar-refractivity contribution in [3.8, 4) is 0 Å². The van der Waals surface area contributed by atoms with Crippen LogP contribution in [-0.4, -0.2) is 59.8 Å². The number of halogens is 1. The van der Waals surface area contributed by atoms with E-state index in [0.717, 1.165) is 57.0 Å². The molecule has 7 nitrogen and oxygen atoms in total. The lowest BCUT2D eigenvalue weighted by Crippen LogP contribution is -2.48. The van der Waals surface area contributed by atoms with Gasteiger partial charge in [0.2, 0.25) is 0 Å². The van der Waals surface area contributed by atoms with Crippen LogP contribution in [0.2, 0.25) is 0 Å². The number of pyridine rings is 1. The highest BCUT2D eigenvalue weighted by Crippen LogP contribution is 2.20. The third-order valence-corrected chi connectivity index (χ3v) is 4.46. The van der Waals surface area contributed by atoms with Gasteiger partial charge in [0, 0.05) is 37.9 Å². The number of amides is 1. The second kappa shape index (κ2) is 12.9. The summed E-state index contributed by atoms with van der Waals surface area (Å²) in [7, 11) is 0. The Kier molecular flexibility index (Phi) is 11.3. The lowest BCUT2D eigenvalue weighted by atomic mass is 10.0. The van der Waals surface area contributed by atoms with Gasteiger partial charge in [-0.15, -0.1) is 24.0 Å². The van der Waals surface area contributed by atoms with Gasteiger partial charge in [0.05, 0.1) is 12.6 Å². The molecule has 1 fully saturated rings. The molecule has 0 saturated carbocycles. The minimum absolute atomic E-state index is 0. The molecule has 0 aliphatic carbocycles. The maximum absolute atomic E-state index is 12.5. The Morgan fingerprint density at radius 2 is 2.10 bits per heavy atom. The summed E-state index contributed by atoms with van der Waals surface area (Å²) in [5.41, 5.74) is 0.568. The van der Waals surface area contributed by atoms with Crippen molar-refractivity contribution < 1.29 is 9.53 Å². The number of piperidine rings is 1. The number of guanidine groups is 1. The second-order valence-corrected chi connectivity index (χ2v) is 8.04. The Morgan fingerprint density at radius 3 is 2.76 bits per heavy atom. The van der Waals surface area contributed by atoms with E-state index in [1.165, 1.54) is 0 Å². The standard InChI is InChI=1S/C21H35N5O2.HI/c1-5-22-19(24-14-12-17-10-6-8-13-23-17)25-16-18-11-7-9-15-26(18)20(27)28-21(2,3)4;/h6,8,10,13,18H,5,7,9,11-12,14-16H2,1-4H3,(H2,22,24,25);1H. The summed E-state index contributed by atoms with van der Waals surface area (Å²) in [6, 6.07) is 6.01. The first-order valence-electron chi connectivity index (χ1n) is 10.3. The molecule has 1 aliphatic rings. The first-order valence-corrected chi connectivity index (χ1v) is 10.3. The van der Waals surface area contributed by atoms with Gasteiger partial charge in [-0.3, -0.25) is 9.98 Å². The van der Waals surface area contributed by atoms with Gasteiger partial charge in [0.15, 0.2) is 5.96 Å². The van der Waals surface area contributed by atoms with Crippen molar-refractivity contribution in [1.82, 2.24) is 20.5 Å². The van der Waals surface area contributed by atoms with E-state index < -0.39 is 5.60 Å². The van der Waals surface area contributed by atoms with Crippen molar-refractivity contribution in [2.45, 2.75) is 65.0 Å². The average Bonchev–Trinajstić information content (AvgIpc) is 2.66. The number of hydrogen-bond donors (Lipinski definition) is 2. The smallest absolute Gasteiger partial charge is 0.410 e. The van der Waals surface area contributed by atoms with Crippen molar-refractivity contribution >= 4 is 36.0 Å². The number of ether oxygens (including phenoxy) is 1. The first-order chi connectivity index (χ1) is 13.4. The lowest BCUT2D eigenvalue weighted by molar-refractivity contribution is 0.0110. The third kappa shape index (κ3) is 9.64. The molecule has 1 aliphatic heterocycles. The van der Waals surface area contributed by atoms with Gasteiger partial charge in [-0.05, 0) is 59.1 Å². The monoisotopic (exact) mass is 517 g/mol. The quantitative estimate of drug-likeness (QED) is 0.343. The molecule has 1 atom stereocenters. The Morgan fingerprint density at radius 1 is 1.31 bits per heavy atom. The predicted octanol–water partition coefficient (Wildman–Crippen LogP) is 3.59. The molecule has 164 valence electrons. The highest BCUT2D eigenvalue weighted by Gasteiger charge is 2.30. The van der Waals surface area contributed by atoms with Crippen LogP contribution >= 0.6 is 24.0 Å². The molecule has 2 heterocycles. The number of rotatable bonds is 6. The first kappa shape index (κ1) is 25.5. The summed E-state index contributed by atoms with van der Waals surface area (Å²) in [6.45, 7) is 10.6. The Labute approximate surface area is 192 Å². The predicted molar refractivity (Wildman–Crippen MR) is 128 cm³/mol. The van der Waals surface area contributed by atoms with Crippen LogP contribution in [0.3, 0.4) is 0 Å². The van der Waals surface area contributed by atoms with E-state index in [1.54, 1.807) is 0 Å². The molecule has 0 aromatic carbocycles. The number of nitrogens with zero attached hydrogens (tertiary/aromatic N) is 3. The molecule has 1 aromatic rings. The lowest BCUT2D eigenvalue weighted by Gasteiger charge is -2.36. The Balaban J connectivity index is 0.00000420. The third-order valence-electron chi connectivity index (χ3n) is 4.46. The van der Waals surface area contributed by atoms with Gasteiger partial charge in [0.25, 0.3) is 0 Å². The maximum atomic E-state index is 12.5. The molecule has 1 amide bonds. The molecular weight excluding hydrogens is 481 g/mol. The van der Waals surface area contributed by atoms with Crippen LogP contribution in [0.5, 0.6) is 0 Å². The summed E-state index contributed by atoms with van der Waals surface area (Å²) >= 11 is 0. The van der Waals surface area contributed by atoms with Crippen LogP contribution < -0.4 is 10.6 Å². The number of nitrogens with one attached hydrogen (secondary N) is 2. The van der Waals surface area contributed by atoms with Crippen molar-refractivity contribution in [2.75, 3.05) is 26.2 Å². The van der Waals surface area contributed by atoms with Gasteiger partial charge in [-0.1, -0.05) is 6.07 Å². The van der Waals surface area contributed by atoms with Crippen LogP contribution in [0.4, 0.5) is 4.79 Å². The van der Waals surface area contributed by atoms with Crippen molar-refractivity contribution in [2.24, 2.45) is 4.99 Å². The molecule has 1 saturated heterocycles. The van der Waals surface area contributed by atoms with E-state index in [4.69, 9.17) is 9.73 Å². The summed E-state index contributed by atoms with van der Waals surface area (Å²) in [4.78, 5) is 23.4. The van der Waals surface area contributed by atoms with E-state index in [9.17, 15) is 4.79 Å². The summed E-state index contributed by atoms with van der Waals surface area (Å²) in [5.74, 6) is 0.771. The zero-order valence-corrected chi connectivity index (χ0v) is 20.4. The zero-order chi connectivity index (χ0) is 20.4. The number of aliphatic imine (C=N–C) groups is 1. The molecule has 0 radical (unpaired) electrons. The number of hydrogen-bond acceptors (Lipinski definition) is 4. The SMILES string of the molecule is CCNC(=NCC1CCCCN1C(=O)OC(C)(C)C)NCCc1ccccn1.I. The van der Waals surface area contributed by atoms with Crippen LogP contribution in [-0.2, 0) is 11.2 Å². The summed E-state index contributed by atoms with van der Waals surface area (Å²) < 4.78 is 5.58. The van der Waals surface area contributed by atoms with Gasteiger partial charge in [0.1, 0.15) is 5.60 Å². The highest BCUT2D eigenvalue weighted by atomic mass is 127. The fourth-order valence-corrected chi connectivity index (χ4v) is 3.14. The van der Waals surface area contributed by atoms with Crippen molar-refractivity contribution in [3.05, 3.63) is 30.1 Å². The average molecular weight is 517 g/mol. The Bertz CT molecular complexity index is 634. The van der Waals surface area contributed by atoms with Crippen molar-refractivity contribution in [1.29, 1.82) is 0 Å². The molecule has 1 unspecified atom stereocenters. The van der Waals surface area contributed by atoms with E-state index >= 15 is 0 Å². The second-order valence-electron chi connectivity index (χ2n) is 8.04. The van der Waals surface area contributed by atoms with Crippen LogP contribution in [0.15, 0.2) is 29.4 Å². The fraction of sp³-hybridized carbons (Fsp3) is 0.667. The number of likely N-dealkylation sites (tertiary alicyclic amines) is 1. The molecule has 2 N–H and O–H groups in total. The molecule has 29 heavy (non-hydrogen) atoms. The van der Waals surface area contributed by atoms with Gasteiger partial charge < -0.3 is 20.3 Å². The van der Waals surface area contributed by atoms with E-state index in [0.29, 0.717) is 6.54 Å². The van der Waals surface area contributed by atoms with E-state index in [-0.39, 0.29) is 36.1 Å². The summed E-state index contributed by atoms with van der Waals surface area (Å²) in [6.07, 6.45) is 5.49. The minimum Gasteiger partial charge on any atom is -0.444 e. The largest absolute Gasteiger partial charge is 0.444 e. The van der Waals surface area contributed by atoms with Gasteiger partial charge in [-0.25, -0.2) is 4.79 Å². The van der Waals surface area contributed by atoms with Gasteiger partial charge >= 0.3 is 6.09 Å². The molecular formula is C21H36IN5O2. The van der Waals surface area contributed by atoms with Crippen molar-refractivity contribution in [3.63, 3.8) is 0 Å². The minimum atomic E-state index is -0.482. The van der Waals surface area contributed by atoms with E-state index in [1.807, 2.05) is 57.0 Å². The normalized spacial score (nSPS) is 17.3. The topological polar surface area (TPSA) is 78.9 Å². The van der Waals surface area contributed by atoms with Gasteiger partial charge in [-0.2, -0.15) is 0 Å². The molecule has 0 bridgehead atoms. The molecule has 1 aromatic heterocycles. The van der Waals surface area contributed by atoms with E-state index in [2.05, 4.69) is 15.6 Å². The van der Waals surface area contributed by atoms with Crippen LogP contribution in [0.25, 0.3) is 0 Å². The number of aromatic nitrogens is 1. The summed E-state index contributed by atoms with van der Waals surface area (Å²) in [5, 5.41) is 6.63. The Hall–Kier alpha value is -1.58. The fourth-order valence-electron chi connectivity index (χ4n) is 3.14. The molecule has 0 spiro atoms. The number of carbonyl (C=O) groups excluding carboxylic acids is 1. The maximum Gasteiger partial charge on any atom is 0.410 e.